The predicted octanol–water partition coefficient (Wildman–Crippen LogP) is 5.81. The number of fused-ring (bicyclic) bond motifs is 4. The van der Waals surface area contributed by atoms with Gasteiger partial charge in [-0.2, -0.15) is 8.61 Å². The number of nitrogens with zero attached hydrogens (tertiary/aromatic N) is 3. The maximum Gasteiger partial charge on any atom is 0.251 e. The Kier molecular flexibility index (Phi) is 18.6. The maximum atomic E-state index is 13.7. The number of nitrogens with one attached hydrogen (secondary N) is 3. The van der Waals surface area contributed by atoms with E-state index in [2.05, 4.69) is 63.2 Å². The number of hydrogen-bond acceptors (Lipinski definition) is 14. The molecule has 0 saturated carbocycles. The van der Waals surface area contributed by atoms with Crippen molar-refractivity contribution in [2.45, 2.75) is 36.1 Å². The van der Waals surface area contributed by atoms with Gasteiger partial charge in [0.05, 0.1) is 62.6 Å². The summed E-state index contributed by atoms with van der Waals surface area (Å²) in [6, 6.07) is 27.4. The second kappa shape index (κ2) is 25.4. The average molecular weight is 1050 g/mol. The molecule has 21 heteroatoms. The molecule has 1 saturated heterocycles. The van der Waals surface area contributed by atoms with Crippen LogP contribution in [0, 0.1) is 0 Å². The van der Waals surface area contributed by atoms with E-state index in [1.54, 1.807) is 29.5 Å². The fraction of sp³-hybridized carbons (Fsp3) is 0.412. The van der Waals surface area contributed by atoms with Crippen LogP contribution in [-0.4, -0.2) is 154 Å². The minimum absolute atomic E-state index is 0.00662. The zero-order valence-electron chi connectivity index (χ0n) is 40.3. The Balaban J connectivity index is 0.629. The van der Waals surface area contributed by atoms with Gasteiger partial charge in [0.2, 0.25) is 26.0 Å². The molecule has 386 valence electrons. The van der Waals surface area contributed by atoms with Crippen molar-refractivity contribution in [1.82, 2.24) is 23.8 Å². The summed E-state index contributed by atoms with van der Waals surface area (Å²) in [5.41, 5.74) is 4.59. The zero-order valence-corrected chi connectivity index (χ0v) is 42.8. The first-order valence-corrected chi connectivity index (χ1v) is 28.0. The number of rotatable bonds is 26. The number of sulfonamides is 2. The standard InChI is InChI=1S/C51H62N6O12S3/c1-2-57-45-13-10-39(34-44(45)43-12-9-38(35-46(43)57)49-8-4-33-70-49)51(59)54-18-24-65-26-28-67-30-29-66-27-25-64-23-17-53-50(58)15-16-52-40-6-3-7-41(36-40)71(60,61)55-19-5-20-56(22-21-55)72(62,63)42-11-14-47-48(37-42)69-32-31-68-47/h3-4,6-14,33-37,52H,2,5,15-32H2,1H3,(H,53,58)(H,54,59). The van der Waals surface area contributed by atoms with Crippen molar-refractivity contribution in [2.24, 2.45) is 0 Å². The fourth-order valence-corrected chi connectivity index (χ4v) is 12.3. The number of benzene rings is 4. The van der Waals surface area contributed by atoms with Crippen LogP contribution < -0.4 is 25.4 Å². The Morgan fingerprint density at radius 3 is 1.97 bits per heavy atom. The van der Waals surface area contributed by atoms with E-state index >= 15 is 0 Å². The summed E-state index contributed by atoms with van der Waals surface area (Å²) < 4.78 is 92.7. The summed E-state index contributed by atoms with van der Waals surface area (Å²) in [5, 5.41) is 13.1. The van der Waals surface area contributed by atoms with E-state index in [1.807, 2.05) is 18.2 Å². The highest BCUT2D eigenvalue weighted by atomic mass is 32.2. The molecule has 0 atom stereocenters. The van der Waals surface area contributed by atoms with Gasteiger partial charge in [0.25, 0.3) is 5.91 Å². The minimum Gasteiger partial charge on any atom is -0.486 e. The highest BCUT2D eigenvalue weighted by Crippen LogP contribution is 2.36. The molecule has 0 radical (unpaired) electrons. The van der Waals surface area contributed by atoms with E-state index in [0.29, 0.717) is 108 Å². The normalized spacial score (nSPS) is 14.6. The second-order valence-electron chi connectivity index (χ2n) is 16.9. The van der Waals surface area contributed by atoms with E-state index in [0.717, 1.165) is 28.4 Å². The molecule has 0 spiro atoms. The van der Waals surface area contributed by atoms with Crippen molar-refractivity contribution in [3.05, 3.63) is 102 Å². The number of aryl methyl sites for hydroxylation is 1. The van der Waals surface area contributed by atoms with Crippen LogP contribution in [0.25, 0.3) is 32.2 Å². The lowest BCUT2D eigenvalue weighted by molar-refractivity contribution is -0.121. The predicted molar refractivity (Wildman–Crippen MR) is 276 cm³/mol. The molecule has 2 aromatic heterocycles. The van der Waals surface area contributed by atoms with Crippen LogP contribution in [0.15, 0.2) is 106 Å². The van der Waals surface area contributed by atoms with Gasteiger partial charge in [0, 0.05) is 103 Å². The lowest BCUT2D eigenvalue weighted by Crippen LogP contribution is -2.37. The Bertz CT molecular complexity index is 3000. The molecular weight excluding hydrogens is 985 g/mol. The molecule has 2 amide bonds. The van der Waals surface area contributed by atoms with Gasteiger partial charge in [-0.15, -0.1) is 11.3 Å². The van der Waals surface area contributed by atoms with Crippen molar-refractivity contribution < 1.29 is 54.8 Å². The lowest BCUT2D eigenvalue weighted by Gasteiger charge is -2.23. The summed E-state index contributed by atoms with van der Waals surface area (Å²) >= 11 is 1.72. The fourth-order valence-electron chi connectivity index (χ4n) is 8.55. The maximum absolute atomic E-state index is 13.7. The number of aromatic nitrogens is 1. The number of thiophene rings is 1. The molecule has 0 bridgehead atoms. The molecule has 6 aromatic rings. The molecule has 0 aliphatic carbocycles. The Morgan fingerprint density at radius 1 is 0.625 bits per heavy atom. The van der Waals surface area contributed by atoms with Crippen molar-refractivity contribution in [2.75, 3.05) is 117 Å². The van der Waals surface area contributed by atoms with Crippen molar-refractivity contribution in [3.8, 4) is 21.9 Å². The van der Waals surface area contributed by atoms with Gasteiger partial charge >= 0.3 is 0 Å². The van der Waals surface area contributed by atoms with E-state index < -0.39 is 20.0 Å². The summed E-state index contributed by atoms with van der Waals surface area (Å²) in [5.74, 6) is 0.512. The average Bonchev–Trinajstić information content (AvgIpc) is 3.96. The first-order chi connectivity index (χ1) is 35.0. The third-order valence-electron chi connectivity index (χ3n) is 12.2. The van der Waals surface area contributed by atoms with E-state index in [1.165, 1.54) is 43.3 Å². The third-order valence-corrected chi connectivity index (χ3v) is 16.9. The number of hydrogen-bond donors (Lipinski definition) is 3. The van der Waals surface area contributed by atoms with Gasteiger partial charge in [-0.05, 0) is 85.0 Å². The van der Waals surface area contributed by atoms with Gasteiger partial charge in [0.15, 0.2) is 11.5 Å². The first kappa shape index (κ1) is 52.7. The van der Waals surface area contributed by atoms with Crippen LogP contribution >= 0.6 is 11.3 Å². The minimum atomic E-state index is -3.94. The number of ether oxygens (including phenoxy) is 6. The molecule has 2 aliphatic rings. The smallest absolute Gasteiger partial charge is 0.251 e. The van der Waals surface area contributed by atoms with Crippen LogP contribution in [0.4, 0.5) is 5.69 Å². The topological polar surface area (TPSA) is 205 Å². The van der Waals surface area contributed by atoms with Gasteiger partial charge in [-0.25, -0.2) is 16.8 Å². The number of amides is 2. The Labute approximate surface area is 424 Å². The number of carbonyl (C=O) groups is 2. The van der Waals surface area contributed by atoms with E-state index in [4.69, 9.17) is 28.4 Å². The Hall–Kier alpha value is -5.62. The molecule has 1 fully saturated rings. The van der Waals surface area contributed by atoms with Gasteiger partial charge in [-0.3, -0.25) is 9.59 Å². The van der Waals surface area contributed by atoms with Crippen LogP contribution in [0.5, 0.6) is 11.5 Å². The van der Waals surface area contributed by atoms with Crippen LogP contribution in [0.2, 0.25) is 0 Å². The molecule has 4 aromatic carbocycles. The molecule has 18 nitrogen and oxygen atoms in total. The van der Waals surface area contributed by atoms with E-state index in [-0.39, 0.29) is 60.7 Å². The quantitative estimate of drug-likeness (QED) is 0.0550. The van der Waals surface area contributed by atoms with Crippen molar-refractivity contribution >= 4 is 70.7 Å². The van der Waals surface area contributed by atoms with Crippen molar-refractivity contribution in [1.29, 1.82) is 0 Å². The highest BCUT2D eigenvalue weighted by molar-refractivity contribution is 7.89. The van der Waals surface area contributed by atoms with Crippen molar-refractivity contribution in [3.63, 3.8) is 0 Å². The van der Waals surface area contributed by atoms with Gasteiger partial charge in [-0.1, -0.05) is 24.3 Å². The lowest BCUT2D eigenvalue weighted by atomic mass is 10.1. The summed E-state index contributed by atoms with van der Waals surface area (Å²) in [6.07, 6.45) is 0.476. The molecular formula is C51H62N6O12S3. The summed E-state index contributed by atoms with van der Waals surface area (Å²) in [4.78, 5) is 26.8. The molecule has 72 heavy (non-hydrogen) atoms. The molecule has 8 rings (SSSR count). The van der Waals surface area contributed by atoms with Crippen LogP contribution in [-0.2, 0) is 50.3 Å². The second-order valence-corrected chi connectivity index (χ2v) is 21.7. The van der Waals surface area contributed by atoms with Crippen LogP contribution in [0.1, 0.15) is 30.1 Å². The largest absolute Gasteiger partial charge is 0.486 e. The number of carbonyl (C=O) groups excluding carboxylic acids is 2. The highest BCUT2D eigenvalue weighted by Gasteiger charge is 2.33. The molecule has 2 aliphatic heterocycles. The monoisotopic (exact) mass is 1050 g/mol. The first-order valence-electron chi connectivity index (χ1n) is 24.2. The number of anilines is 1. The zero-order chi connectivity index (χ0) is 50.3. The van der Waals surface area contributed by atoms with Crippen LogP contribution in [0.3, 0.4) is 0 Å². The molecule has 4 heterocycles. The summed E-state index contributed by atoms with van der Waals surface area (Å²) in [6.45, 7) is 7.92. The molecule has 0 unspecified atom stereocenters. The molecule has 3 N–H and O–H groups in total. The summed E-state index contributed by atoms with van der Waals surface area (Å²) in [7, 11) is -7.84. The van der Waals surface area contributed by atoms with Gasteiger partial charge in [0.1, 0.15) is 13.2 Å². The SMILES string of the molecule is CCn1c2ccc(C(=O)NCCOCCOCCOCCOCCNC(=O)CCNc3cccc(S(=O)(=O)N4CCCN(S(=O)(=O)c5ccc6c(c5)OCCO6)CC4)c3)cc2c2ccc(-c3cccs3)cc21. The third kappa shape index (κ3) is 13.3. The van der Waals surface area contributed by atoms with Gasteiger partial charge < -0.3 is 48.9 Å². The van der Waals surface area contributed by atoms with E-state index in [9.17, 15) is 26.4 Å². The Morgan fingerprint density at radius 2 is 1.29 bits per heavy atom.